The summed E-state index contributed by atoms with van der Waals surface area (Å²) in [7, 11) is 0. The van der Waals surface area contributed by atoms with E-state index in [1.165, 1.54) is 17.0 Å². The summed E-state index contributed by atoms with van der Waals surface area (Å²) in [6, 6.07) is 16.4. The molecule has 0 saturated heterocycles. The molecule has 0 bridgehead atoms. The van der Waals surface area contributed by atoms with Gasteiger partial charge in [-0.3, -0.25) is 14.4 Å². The predicted octanol–water partition coefficient (Wildman–Crippen LogP) is 4.85. The Balaban J connectivity index is 1.66. The summed E-state index contributed by atoms with van der Waals surface area (Å²) < 4.78 is 40.3. The van der Waals surface area contributed by atoms with E-state index in [4.69, 9.17) is 0 Å². The molecule has 3 aromatic rings. The fourth-order valence-corrected chi connectivity index (χ4v) is 3.18. The lowest BCUT2D eigenvalue weighted by molar-refractivity contribution is -0.116. The van der Waals surface area contributed by atoms with Gasteiger partial charge in [0.05, 0.1) is 5.69 Å². The van der Waals surface area contributed by atoms with E-state index in [0.717, 1.165) is 6.07 Å². The average molecular weight is 469 g/mol. The third-order valence-electron chi connectivity index (χ3n) is 4.85. The van der Waals surface area contributed by atoms with E-state index in [1.54, 1.807) is 42.5 Å². The number of carbonyl (C=O) groups is 3. The summed E-state index contributed by atoms with van der Waals surface area (Å²) in [6.45, 7) is 1.63. The number of benzene rings is 3. The molecule has 6 nitrogen and oxygen atoms in total. The van der Waals surface area contributed by atoms with Crippen LogP contribution in [0.5, 0.6) is 0 Å². The molecule has 0 aliphatic heterocycles. The molecular weight excluding hydrogens is 447 g/mol. The maximum Gasteiger partial charge on any atom is 0.255 e. The summed E-state index contributed by atoms with van der Waals surface area (Å²) in [4.78, 5) is 38.8. The van der Waals surface area contributed by atoms with E-state index in [1.807, 2.05) is 6.92 Å². The number of halogens is 3. The van der Waals surface area contributed by atoms with E-state index < -0.39 is 41.5 Å². The molecule has 0 saturated carbocycles. The molecule has 0 unspecified atom stereocenters. The van der Waals surface area contributed by atoms with Gasteiger partial charge in [0.1, 0.15) is 6.54 Å². The summed E-state index contributed by atoms with van der Waals surface area (Å²) in [5.41, 5.74) is 0.725. The van der Waals surface area contributed by atoms with Crippen LogP contribution in [0.25, 0.3) is 0 Å². The largest absolute Gasteiger partial charge is 0.329 e. The van der Waals surface area contributed by atoms with Crippen LogP contribution in [0, 0.1) is 17.5 Å². The van der Waals surface area contributed by atoms with Gasteiger partial charge in [-0.15, -0.1) is 0 Å². The first-order valence-corrected chi connectivity index (χ1v) is 10.5. The maximum atomic E-state index is 13.8. The lowest BCUT2D eigenvalue weighted by atomic mass is 10.1. The minimum Gasteiger partial charge on any atom is -0.329 e. The van der Waals surface area contributed by atoms with E-state index >= 15 is 0 Å². The number of rotatable bonds is 8. The van der Waals surface area contributed by atoms with Gasteiger partial charge in [0.15, 0.2) is 17.5 Å². The van der Waals surface area contributed by atoms with Gasteiger partial charge in [-0.2, -0.15) is 0 Å². The lowest BCUT2D eigenvalue weighted by Gasteiger charge is -2.22. The molecule has 9 heteroatoms. The standard InChI is InChI=1S/C25H22F3N3O3/c1-2-14-31(15-21(32)30-20-13-12-19(26)22(27)23(20)28)25(34)17-8-10-18(11-9-17)29-24(33)16-6-4-3-5-7-16/h3-13H,2,14-15H2,1H3,(H,29,33)(H,30,32). The number of amides is 3. The number of hydrogen-bond donors (Lipinski definition) is 2. The van der Waals surface area contributed by atoms with Crippen LogP contribution in [0.3, 0.4) is 0 Å². The van der Waals surface area contributed by atoms with E-state index in [0.29, 0.717) is 23.7 Å². The van der Waals surface area contributed by atoms with Crippen molar-refractivity contribution in [2.45, 2.75) is 13.3 Å². The first-order chi connectivity index (χ1) is 16.3. The van der Waals surface area contributed by atoms with Crippen LogP contribution in [0.4, 0.5) is 24.5 Å². The highest BCUT2D eigenvalue weighted by atomic mass is 19.2. The van der Waals surface area contributed by atoms with Crippen molar-refractivity contribution < 1.29 is 27.6 Å². The van der Waals surface area contributed by atoms with E-state index in [2.05, 4.69) is 10.6 Å². The molecule has 0 spiro atoms. The second-order valence-corrected chi connectivity index (χ2v) is 7.40. The molecule has 34 heavy (non-hydrogen) atoms. The molecule has 0 fully saturated rings. The number of anilines is 2. The normalized spacial score (nSPS) is 10.5. The molecule has 2 N–H and O–H groups in total. The van der Waals surface area contributed by atoms with Gasteiger partial charge >= 0.3 is 0 Å². The zero-order valence-electron chi connectivity index (χ0n) is 18.3. The first-order valence-electron chi connectivity index (χ1n) is 10.5. The number of nitrogens with one attached hydrogen (secondary N) is 2. The highest BCUT2D eigenvalue weighted by Gasteiger charge is 2.20. The molecule has 3 amide bonds. The average Bonchev–Trinajstić information content (AvgIpc) is 2.84. The van der Waals surface area contributed by atoms with Crippen LogP contribution < -0.4 is 10.6 Å². The lowest BCUT2D eigenvalue weighted by Crippen LogP contribution is -2.38. The van der Waals surface area contributed by atoms with Crippen LogP contribution in [-0.2, 0) is 4.79 Å². The van der Waals surface area contributed by atoms with Gasteiger partial charge in [-0.25, -0.2) is 13.2 Å². The van der Waals surface area contributed by atoms with E-state index in [9.17, 15) is 27.6 Å². The Hall–Kier alpha value is -4.14. The van der Waals surface area contributed by atoms with Crippen LogP contribution >= 0.6 is 0 Å². The fraction of sp³-hybridized carbons (Fsp3) is 0.160. The van der Waals surface area contributed by atoms with Gasteiger partial charge in [-0.1, -0.05) is 25.1 Å². The van der Waals surface area contributed by atoms with Crippen LogP contribution in [0.15, 0.2) is 66.7 Å². The summed E-state index contributed by atoms with van der Waals surface area (Å²) >= 11 is 0. The number of carbonyl (C=O) groups excluding carboxylic acids is 3. The molecular formula is C25H22F3N3O3. The van der Waals surface area contributed by atoms with Crippen molar-refractivity contribution in [3.63, 3.8) is 0 Å². The quantitative estimate of drug-likeness (QED) is 0.463. The Labute approximate surface area is 194 Å². The summed E-state index contributed by atoms with van der Waals surface area (Å²) in [6.07, 6.45) is 0.545. The van der Waals surface area contributed by atoms with Crippen molar-refractivity contribution in [3.05, 3.63) is 95.3 Å². The van der Waals surface area contributed by atoms with Gasteiger partial charge in [0, 0.05) is 23.4 Å². The minimum absolute atomic E-state index is 0.235. The van der Waals surface area contributed by atoms with Gasteiger partial charge in [0.25, 0.3) is 11.8 Å². The van der Waals surface area contributed by atoms with Crippen LogP contribution in [-0.4, -0.2) is 35.7 Å². The molecule has 0 aromatic heterocycles. The van der Waals surface area contributed by atoms with Crippen molar-refractivity contribution in [3.8, 4) is 0 Å². The number of hydrogen-bond acceptors (Lipinski definition) is 3. The van der Waals surface area contributed by atoms with Crippen molar-refractivity contribution >= 4 is 29.1 Å². The Morgan fingerprint density at radius 1 is 0.794 bits per heavy atom. The maximum absolute atomic E-state index is 13.8. The molecule has 176 valence electrons. The second-order valence-electron chi connectivity index (χ2n) is 7.40. The van der Waals surface area contributed by atoms with Crippen molar-refractivity contribution in [1.82, 2.24) is 4.90 Å². The van der Waals surface area contributed by atoms with Crippen molar-refractivity contribution in [2.75, 3.05) is 23.7 Å². The molecule has 3 rings (SSSR count). The topological polar surface area (TPSA) is 78.5 Å². The SMILES string of the molecule is CCCN(CC(=O)Nc1ccc(F)c(F)c1F)C(=O)c1ccc(NC(=O)c2ccccc2)cc1. The first kappa shape index (κ1) is 24.5. The molecule has 3 aromatic carbocycles. The highest BCUT2D eigenvalue weighted by Crippen LogP contribution is 2.20. The van der Waals surface area contributed by atoms with Crippen LogP contribution in [0.1, 0.15) is 34.1 Å². The predicted molar refractivity (Wildman–Crippen MR) is 122 cm³/mol. The van der Waals surface area contributed by atoms with Gasteiger partial charge < -0.3 is 15.5 Å². The molecule has 0 radical (unpaired) electrons. The number of nitrogens with zero attached hydrogens (tertiary/aromatic N) is 1. The van der Waals surface area contributed by atoms with Gasteiger partial charge in [0.2, 0.25) is 5.91 Å². The van der Waals surface area contributed by atoms with Crippen molar-refractivity contribution in [1.29, 1.82) is 0 Å². The Morgan fingerprint density at radius 2 is 1.47 bits per heavy atom. The Bertz CT molecular complexity index is 1190. The Kier molecular flexibility index (Phi) is 8.02. The summed E-state index contributed by atoms with van der Waals surface area (Å²) in [5, 5.41) is 4.89. The Morgan fingerprint density at radius 3 is 2.12 bits per heavy atom. The van der Waals surface area contributed by atoms with Crippen molar-refractivity contribution in [2.24, 2.45) is 0 Å². The molecule has 0 aliphatic carbocycles. The molecule has 0 atom stereocenters. The van der Waals surface area contributed by atoms with Gasteiger partial charge in [-0.05, 0) is 55.0 Å². The molecule has 0 aliphatic rings. The zero-order chi connectivity index (χ0) is 24.7. The second kappa shape index (κ2) is 11.1. The molecule has 0 heterocycles. The van der Waals surface area contributed by atoms with E-state index in [-0.39, 0.29) is 18.0 Å². The highest BCUT2D eigenvalue weighted by molar-refractivity contribution is 6.04. The zero-order valence-corrected chi connectivity index (χ0v) is 18.3. The minimum atomic E-state index is -1.70. The third-order valence-corrected chi connectivity index (χ3v) is 4.85. The monoisotopic (exact) mass is 469 g/mol. The summed E-state index contributed by atoms with van der Waals surface area (Å²) in [5.74, 6) is -6.11. The fourth-order valence-electron chi connectivity index (χ4n) is 3.18. The third kappa shape index (κ3) is 6.00. The smallest absolute Gasteiger partial charge is 0.255 e. The van der Waals surface area contributed by atoms with Crippen LogP contribution in [0.2, 0.25) is 0 Å².